The van der Waals surface area contributed by atoms with Crippen molar-refractivity contribution in [3.63, 3.8) is 0 Å². The van der Waals surface area contributed by atoms with Gasteiger partial charge in [0.15, 0.2) is 0 Å². The first-order valence-corrected chi connectivity index (χ1v) is 5.11. The van der Waals surface area contributed by atoms with E-state index in [0.29, 0.717) is 23.9 Å². The Balaban J connectivity index is 1.98. The highest BCUT2D eigenvalue weighted by Crippen LogP contribution is 2.32. The number of nitrogens with one attached hydrogen (secondary N) is 2. The van der Waals surface area contributed by atoms with Gasteiger partial charge in [0.25, 0.3) is 0 Å². The van der Waals surface area contributed by atoms with Crippen LogP contribution >= 0.6 is 0 Å². The summed E-state index contributed by atoms with van der Waals surface area (Å²) < 4.78 is 0. The Kier molecular flexibility index (Phi) is 2.31. The summed E-state index contributed by atoms with van der Waals surface area (Å²) >= 11 is 0. The quantitative estimate of drug-likeness (QED) is 0.663. The van der Waals surface area contributed by atoms with Crippen LogP contribution in [-0.4, -0.2) is 21.2 Å². The molecule has 1 aromatic heterocycles. The second-order valence-corrected chi connectivity index (χ2v) is 4.21. The van der Waals surface area contributed by atoms with E-state index in [0.717, 1.165) is 5.92 Å². The Morgan fingerprint density at radius 3 is 2.71 bits per heavy atom. The molecule has 0 aromatic carbocycles. The first-order chi connectivity index (χ1) is 6.66. The zero-order chi connectivity index (χ0) is 10.1. The van der Waals surface area contributed by atoms with Crippen molar-refractivity contribution in [2.45, 2.75) is 32.7 Å². The van der Waals surface area contributed by atoms with E-state index >= 15 is 0 Å². The summed E-state index contributed by atoms with van der Waals surface area (Å²) in [4.78, 5) is 4.03. The van der Waals surface area contributed by atoms with E-state index in [1.165, 1.54) is 12.8 Å². The average Bonchev–Trinajstić information content (AvgIpc) is 2.67. The van der Waals surface area contributed by atoms with Crippen LogP contribution in [0, 0.1) is 11.8 Å². The molecule has 1 aliphatic carbocycles. The van der Waals surface area contributed by atoms with Crippen molar-refractivity contribution in [2.24, 2.45) is 11.8 Å². The van der Waals surface area contributed by atoms with Gasteiger partial charge in [-0.15, -0.1) is 5.10 Å². The van der Waals surface area contributed by atoms with Crippen molar-refractivity contribution in [1.29, 1.82) is 0 Å². The third-order valence-electron chi connectivity index (χ3n) is 3.28. The van der Waals surface area contributed by atoms with Crippen LogP contribution in [0.2, 0.25) is 0 Å². The van der Waals surface area contributed by atoms with Crippen molar-refractivity contribution in [2.75, 3.05) is 11.1 Å². The molecule has 0 aliphatic heterocycles. The van der Waals surface area contributed by atoms with Crippen molar-refractivity contribution >= 4 is 11.9 Å². The zero-order valence-corrected chi connectivity index (χ0v) is 8.62. The molecule has 2 rings (SSSR count). The molecule has 3 unspecified atom stereocenters. The Morgan fingerprint density at radius 2 is 2.21 bits per heavy atom. The number of H-pyrrole nitrogens is 1. The van der Waals surface area contributed by atoms with Crippen LogP contribution in [0.3, 0.4) is 0 Å². The van der Waals surface area contributed by atoms with Gasteiger partial charge < -0.3 is 11.1 Å². The Morgan fingerprint density at radius 1 is 1.43 bits per heavy atom. The van der Waals surface area contributed by atoms with Gasteiger partial charge in [-0.3, -0.25) is 0 Å². The lowest BCUT2D eigenvalue weighted by Crippen LogP contribution is -2.24. The summed E-state index contributed by atoms with van der Waals surface area (Å²) in [6, 6.07) is 0.486. The van der Waals surface area contributed by atoms with Gasteiger partial charge in [-0.1, -0.05) is 13.8 Å². The maximum absolute atomic E-state index is 5.45. The Labute approximate surface area is 83.5 Å². The van der Waals surface area contributed by atoms with E-state index in [1.54, 1.807) is 0 Å². The minimum absolute atomic E-state index is 0.367. The predicted octanol–water partition coefficient (Wildman–Crippen LogP) is 1.23. The second-order valence-electron chi connectivity index (χ2n) is 4.21. The number of aromatic amines is 1. The highest BCUT2D eigenvalue weighted by molar-refractivity contribution is 5.31. The molecule has 0 bridgehead atoms. The van der Waals surface area contributed by atoms with Crippen molar-refractivity contribution in [1.82, 2.24) is 15.2 Å². The van der Waals surface area contributed by atoms with Gasteiger partial charge in [0.1, 0.15) is 0 Å². The molecule has 5 heteroatoms. The normalized spacial score (nSPS) is 32.0. The summed E-state index contributed by atoms with van der Waals surface area (Å²) in [6.45, 7) is 4.56. The number of hydrogen-bond acceptors (Lipinski definition) is 4. The fourth-order valence-corrected chi connectivity index (χ4v) is 2.07. The van der Waals surface area contributed by atoms with Gasteiger partial charge in [0.2, 0.25) is 11.9 Å². The number of nitrogens with zero attached hydrogens (tertiary/aromatic N) is 2. The lowest BCUT2D eigenvalue weighted by Gasteiger charge is -2.18. The molecule has 78 valence electrons. The average molecular weight is 195 g/mol. The Hall–Kier alpha value is -1.26. The lowest BCUT2D eigenvalue weighted by atomic mass is 9.98. The maximum atomic E-state index is 5.45. The topological polar surface area (TPSA) is 79.6 Å². The first kappa shape index (κ1) is 9.30. The van der Waals surface area contributed by atoms with Gasteiger partial charge in [-0.2, -0.15) is 4.98 Å². The van der Waals surface area contributed by atoms with E-state index in [-0.39, 0.29) is 0 Å². The van der Waals surface area contributed by atoms with E-state index in [2.05, 4.69) is 34.3 Å². The standard InChI is InChI=1S/C9H17N5/c1-5-3-4-7(6(5)2)11-9-12-8(10)13-14-9/h5-7H,3-4H2,1-2H3,(H4,10,11,12,13,14). The zero-order valence-electron chi connectivity index (χ0n) is 8.62. The number of hydrogen-bond donors (Lipinski definition) is 3. The maximum Gasteiger partial charge on any atom is 0.243 e. The van der Waals surface area contributed by atoms with Crippen LogP contribution in [0.1, 0.15) is 26.7 Å². The van der Waals surface area contributed by atoms with Crippen molar-refractivity contribution in [3.8, 4) is 0 Å². The number of nitrogens with two attached hydrogens (primary N) is 1. The van der Waals surface area contributed by atoms with Crippen LogP contribution in [0.4, 0.5) is 11.9 Å². The van der Waals surface area contributed by atoms with Crippen LogP contribution < -0.4 is 11.1 Å². The molecule has 1 heterocycles. The highest BCUT2D eigenvalue weighted by atomic mass is 15.3. The fourth-order valence-electron chi connectivity index (χ4n) is 2.07. The molecular weight excluding hydrogens is 178 g/mol. The molecule has 14 heavy (non-hydrogen) atoms. The fraction of sp³-hybridized carbons (Fsp3) is 0.778. The summed E-state index contributed by atoms with van der Waals surface area (Å²) in [5, 5.41) is 9.90. The summed E-state index contributed by atoms with van der Waals surface area (Å²) in [5.74, 6) is 2.44. The van der Waals surface area contributed by atoms with Gasteiger partial charge in [-0.05, 0) is 24.7 Å². The molecule has 0 saturated heterocycles. The number of aromatic nitrogens is 3. The molecule has 1 saturated carbocycles. The van der Waals surface area contributed by atoms with E-state index in [4.69, 9.17) is 5.73 Å². The lowest BCUT2D eigenvalue weighted by molar-refractivity contribution is 0.434. The summed E-state index contributed by atoms with van der Waals surface area (Å²) in [7, 11) is 0. The molecule has 3 atom stereocenters. The molecule has 1 aromatic rings. The molecule has 0 radical (unpaired) electrons. The Bertz CT molecular complexity index is 308. The van der Waals surface area contributed by atoms with Crippen LogP contribution in [0.15, 0.2) is 0 Å². The van der Waals surface area contributed by atoms with Gasteiger partial charge in [-0.25, -0.2) is 5.10 Å². The third-order valence-corrected chi connectivity index (χ3v) is 3.28. The van der Waals surface area contributed by atoms with Crippen LogP contribution in [0.25, 0.3) is 0 Å². The second kappa shape index (κ2) is 3.48. The minimum Gasteiger partial charge on any atom is -0.368 e. The molecule has 1 aliphatic rings. The smallest absolute Gasteiger partial charge is 0.243 e. The van der Waals surface area contributed by atoms with Crippen LogP contribution in [0.5, 0.6) is 0 Å². The molecule has 0 spiro atoms. The minimum atomic E-state index is 0.367. The van der Waals surface area contributed by atoms with Gasteiger partial charge in [0, 0.05) is 6.04 Å². The van der Waals surface area contributed by atoms with E-state index in [9.17, 15) is 0 Å². The number of anilines is 2. The molecule has 1 fully saturated rings. The number of nitrogen functional groups attached to an aromatic ring is 1. The molecule has 5 nitrogen and oxygen atoms in total. The van der Waals surface area contributed by atoms with E-state index < -0.39 is 0 Å². The SMILES string of the molecule is CC1CCC(Nc2n[nH]c(N)n2)C1C. The van der Waals surface area contributed by atoms with Crippen molar-refractivity contribution in [3.05, 3.63) is 0 Å². The molecule has 4 N–H and O–H groups in total. The third kappa shape index (κ3) is 1.66. The molecule has 0 amide bonds. The summed E-state index contributed by atoms with van der Waals surface area (Å²) in [6.07, 6.45) is 2.47. The van der Waals surface area contributed by atoms with Crippen LogP contribution in [-0.2, 0) is 0 Å². The molecular formula is C9H17N5. The largest absolute Gasteiger partial charge is 0.368 e. The highest BCUT2D eigenvalue weighted by Gasteiger charge is 2.30. The number of rotatable bonds is 2. The predicted molar refractivity (Wildman–Crippen MR) is 55.8 cm³/mol. The van der Waals surface area contributed by atoms with Gasteiger partial charge >= 0.3 is 0 Å². The monoisotopic (exact) mass is 195 g/mol. The van der Waals surface area contributed by atoms with Gasteiger partial charge in [0.05, 0.1) is 0 Å². The first-order valence-electron chi connectivity index (χ1n) is 5.11. The van der Waals surface area contributed by atoms with Crippen molar-refractivity contribution < 1.29 is 0 Å². The van der Waals surface area contributed by atoms with E-state index in [1.807, 2.05) is 0 Å². The summed E-state index contributed by atoms with van der Waals surface area (Å²) in [5.41, 5.74) is 5.45.